The average Bonchev–Trinajstić information content (AvgIpc) is 2.35. The smallest absolute Gasteiger partial charge is 0.237 e. The average molecular weight is 270 g/mol. The molecule has 1 rings (SSSR count). The Morgan fingerprint density at radius 2 is 1.68 bits per heavy atom. The monoisotopic (exact) mass is 270 g/mol. The minimum Gasteiger partial charge on any atom is -0.368 e. The molecule has 1 aliphatic rings. The van der Waals surface area contributed by atoms with E-state index in [0.717, 1.165) is 39.1 Å². The van der Waals surface area contributed by atoms with Crippen molar-refractivity contribution < 1.29 is 4.79 Å². The maximum Gasteiger partial charge on any atom is 0.237 e. The molecule has 0 aromatic carbocycles. The first-order valence-electron chi connectivity index (χ1n) is 7.15. The molecule has 0 aromatic rings. The largest absolute Gasteiger partial charge is 0.368 e. The molecule has 5 nitrogen and oxygen atoms in total. The van der Waals surface area contributed by atoms with E-state index in [-0.39, 0.29) is 11.4 Å². The fourth-order valence-electron chi connectivity index (χ4n) is 2.40. The number of nitrogens with two attached hydrogens (primary N) is 1. The molecule has 5 heteroatoms. The van der Waals surface area contributed by atoms with Crippen molar-refractivity contribution in [1.29, 1.82) is 0 Å². The lowest BCUT2D eigenvalue weighted by Crippen LogP contribution is -2.56. The molecule has 0 aliphatic carbocycles. The number of amides is 1. The van der Waals surface area contributed by atoms with E-state index in [4.69, 9.17) is 5.73 Å². The molecule has 0 bridgehead atoms. The summed E-state index contributed by atoms with van der Waals surface area (Å²) in [5.41, 5.74) is 5.10. The number of rotatable bonds is 5. The third-order valence-corrected chi connectivity index (χ3v) is 4.34. The molecule has 0 radical (unpaired) electrons. The zero-order valence-electron chi connectivity index (χ0n) is 13.1. The summed E-state index contributed by atoms with van der Waals surface area (Å²) in [6, 6.07) is 0. The zero-order valence-corrected chi connectivity index (χ0v) is 13.1. The van der Waals surface area contributed by atoms with Crippen molar-refractivity contribution in [3.05, 3.63) is 0 Å². The van der Waals surface area contributed by atoms with Crippen LogP contribution in [-0.2, 0) is 4.79 Å². The minimum atomic E-state index is -0.596. The number of carbonyl (C=O) groups is 1. The van der Waals surface area contributed by atoms with Crippen LogP contribution in [0.4, 0.5) is 0 Å². The Kier molecular flexibility index (Phi) is 5.35. The first-order chi connectivity index (χ1) is 8.69. The summed E-state index contributed by atoms with van der Waals surface area (Å²) in [5, 5.41) is 3.04. The molecule has 0 saturated carbocycles. The summed E-state index contributed by atoms with van der Waals surface area (Å²) in [5.74, 6) is -0.275. The van der Waals surface area contributed by atoms with Crippen molar-refractivity contribution in [3.63, 3.8) is 0 Å². The van der Waals surface area contributed by atoms with Gasteiger partial charge in [0.1, 0.15) is 0 Å². The molecule has 112 valence electrons. The van der Waals surface area contributed by atoms with Gasteiger partial charge in [-0.1, -0.05) is 0 Å². The van der Waals surface area contributed by atoms with Gasteiger partial charge >= 0.3 is 0 Å². The van der Waals surface area contributed by atoms with Gasteiger partial charge in [-0.2, -0.15) is 0 Å². The maximum atomic E-state index is 11.4. The molecule has 1 heterocycles. The van der Waals surface area contributed by atoms with Crippen LogP contribution >= 0.6 is 0 Å². The fraction of sp³-hybridized carbons (Fsp3) is 0.929. The standard InChI is InChI=1S/C14H30N4O/c1-13(2,3)18-10-8-17(9-11-18)7-6-14(4,16-5)12(15)19/h16H,6-11H2,1-5H3,(H2,15,19). The summed E-state index contributed by atoms with van der Waals surface area (Å²) in [4.78, 5) is 16.4. The van der Waals surface area contributed by atoms with Gasteiger partial charge in [-0.05, 0) is 41.2 Å². The summed E-state index contributed by atoms with van der Waals surface area (Å²) in [7, 11) is 1.79. The first kappa shape index (κ1) is 16.4. The van der Waals surface area contributed by atoms with Crippen molar-refractivity contribution in [1.82, 2.24) is 15.1 Å². The van der Waals surface area contributed by atoms with E-state index in [1.165, 1.54) is 0 Å². The van der Waals surface area contributed by atoms with E-state index in [2.05, 4.69) is 35.9 Å². The third-order valence-electron chi connectivity index (χ3n) is 4.34. The van der Waals surface area contributed by atoms with E-state index < -0.39 is 5.54 Å². The number of primary amides is 1. The molecule has 1 saturated heterocycles. The lowest BCUT2D eigenvalue weighted by atomic mass is 9.96. The summed E-state index contributed by atoms with van der Waals surface area (Å²) in [6.07, 6.45) is 0.758. The molecule has 0 aromatic heterocycles. The number of nitrogens with zero attached hydrogens (tertiary/aromatic N) is 2. The number of carbonyl (C=O) groups excluding carboxylic acids is 1. The lowest BCUT2D eigenvalue weighted by molar-refractivity contribution is -0.124. The van der Waals surface area contributed by atoms with Crippen molar-refractivity contribution in [2.45, 2.75) is 45.2 Å². The van der Waals surface area contributed by atoms with Crippen LogP contribution in [0.5, 0.6) is 0 Å². The van der Waals surface area contributed by atoms with Gasteiger partial charge in [0.25, 0.3) is 0 Å². The Morgan fingerprint density at radius 3 is 2.05 bits per heavy atom. The van der Waals surface area contributed by atoms with Gasteiger partial charge in [0.2, 0.25) is 5.91 Å². The Bertz CT molecular complexity index is 305. The highest BCUT2D eigenvalue weighted by Gasteiger charge is 2.31. The Labute approximate surface area is 117 Å². The van der Waals surface area contributed by atoms with E-state index in [9.17, 15) is 4.79 Å². The van der Waals surface area contributed by atoms with Gasteiger partial charge in [0.05, 0.1) is 5.54 Å². The van der Waals surface area contributed by atoms with Crippen LogP contribution in [0.2, 0.25) is 0 Å². The van der Waals surface area contributed by atoms with Crippen LogP contribution in [-0.4, -0.2) is 66.6 Å². The van der Waals surface area contributed by atoms with Crippen LogP contribution in [0.3, 0.4) is 0 Å². The lowest BCUT2D eigenvalue weighted by Gasteiger charge is -2.42. The molecule has 19 heavy (non-hydrogen) atoms. The Morgan fingerprint density at radius 1 is 1.16 bits per heavy atom. The van der Waals surface area contributed by atoms with Gasteiger partial charge < -0.3 is 16.0 Å². The SMILES string of the molecule is CNC(C)(CCN1CCN(C(C)(C)C)CC1)C(N)=O. The van der Waals surface area contributed by atoms with E-state index >= 15 is 0 Å². The van der Waals surface area contributed by atoms with Gasteiger partial charge in [0.15, 0.2) is 0 Å². The molecule has 1 unspecified atom stereocenters. The number of nitrogens with one attached hydrogen (secondary N) is 1. The molecule has 0 spiro atoms. The van der Waals surface area contributed by atoms with E-state index in [0.29, 0.717) is 0 Å². The van der Waals surface area contributed by atoms with Crippen LogP contribution < -0.4 is 11.1 Å². The number of hydrogen-bond acceptors (Lipinski definition) is 4. The summed E-state index contributed by atoms with van der Waals surface area (Å²) < 4.78 is 0. The predicted octanol–water partition coefficient (Wildman–Crippen LogP) is 0.256. The first-order valence-corrected chi connectivity index (χ1v) is 7.15. The van der Waals surface area contributed by atoms with Gasteiger partial charge in [-0.15, -0.1) is 0 Å². The predicted molar refractivity (Wildman–Crippen MR) is 79.0 cm³/mol. The molecular weight excluding hydrogens is 240 g/mol. The molecule has 1 atom stereocenters. The Hall–Kier alpha value is -0.650. The van der Waals surface area contributed by atoms with Gasteiger partial charge in [-0.25, -0.2) is 0 Å². The molecule has 1 amide bonds. The van der Waals surface area contributed by atoms with Gasteiger partial charge in [-0.3, -0.25) is 9.69 Å². The molecule has 1 fully saturated rings. The van der Waals surface area contributed by atoms with Crippen molar-refractivity contribution in [2.24, 2.45) is 5.73 Å². The van der Waals surface area contributed by atoms with Crippen LogP contribution in [0, 0.1) is 0 Å². The van der Waals surface area contributed by atoms with Gasteiger partial charge in [0, 0.05) is 38.3 Å². The maximum absolute atomic E-state index is 11.4. The molecular formula is C14H30N4O. The van der Waals surface area contributed by atoms with Crippen LogP contribution in [0.15, 0.2) is 0 Å². The van der Waals surface area contributed by atoms with Crippen LogP contribution in [0.25, 0.3) is 0 Å². The van der Waals surface area contributed by atoms with Crippen LogP contribution in [0.1, 0.15) is 34.1 Å². The Balaban J connectivity index is 2.40. The van der Waals surface area contributed by atoms with Crippen molar-refractivity contribution in [3.8, 4) is 0 Å². The highest BCUT2D eigenvalue weighted by atomic mass is 16.1. The number of hydrogen-bond donors (Lipinski definition) is 2. The number of piperazine rings is 1. The second-order valence-electron chi connectivity index (χ2n) is 6.70. The highest BCUT2D eigenvalue weighted by Crippen LogP contribution is 2.17. The third kappa shape index (κ3) is 4.44. The fourth-order valence-corrected chi connectivity index (χ4v) is 2.40. The number of likely N-dealkylation sites (N-methyl/N-ethyl adjacent to an activating group) is 1. The van der Waals surface area contributed by atoms with E-state index in [1.54, 1.807) is 7.05 Å². The van der Waals surface area contributed by atoms with E-state index in [1.807, 2.05) is 6.92 Å². The molecule has 3 N–H and O–H groups in total. The minimum absolute atomic E-state index is 0.249. The highest BCUT2D eigenvalue weighted by molar-refractivity contribution is 5.84. The molecule has 1 aliphatic heterocycles. The second kappa shape index (κ2) is 6.20. The summed E-state index contributed by atoms with van der Waals surface area (Å²) >= 11 is 0. The second-order valence-corrected chi connectivity index (χ2v) is 6.70. The van der Waals surface area contributed by atoms with Crippen molar-refractivity contribution in [2.75, 3.05) is 39.8 Å². The zero-order chi connectivity index (χ0) is 14.7. The normalized spacial score (nSPS) is 22.2. The summed E-state index contributed by atoms with van der Waals surface area (Å²) in [6.45, 7) is 13.9. The van der Waals surface area contributed by atoms with Crippen molar-refractivity contribution >= 4 is 5.91 Å². The topological polar surface area (TPSA) is 61.6 Å². The quantitative estimate of drug-likeness (QED) is 0.752.